The van der Waals surface area contributed by atoms with Crippen LogP contribution < -0.4 is 20.9 Å². The zero-order chi connectivity index (χ0) is 24.7. The van der Waals surface area contributed by atoms with Crippen LogP contribution in [0, 0.1) is 0 Å². The summed E-state index contributed by atoms with van der Waals surface area (Å²) in [6, 6.07) is 2.62. The number of pyridine rings is 2. The number of alkyl halides is 3. The number of thiocarbonyl (C=S) groups is 1. The van der Waals surface area contributed by atoms with Crippen LogP contribution in [0.3, 0.4) is 0 Å². The molecule has 3 N–H and O–H groups in total. The molecule has 0 aromatic carbocycles. The standard InChI is InChI=1S/C21H24F3N7OS/c1-11(32)31(5)12-6-14(21(22,23)24)18(27-8-12)29-19(33)28-17(25)15-7-13-16(9-26-15)30(4)10-20(13,2)3/h6-9H,10H2,1-5H3,(H3,25,27,28,29,33). The molecule has 0 saturated carbocycles. The highest BCUT2D eigenvalue weighted by atomic mass is 32.1. The van der Waals surface area contributed by atoms with E-state index in [4.69, 9.17) is 18.0 Å². The quantitative estimate of drug-likeness (QED) is 0.396. The van der Waals surface area contributed by atoms with Gasteiger partial charge in [0.1, 0.15) is 17.1 Å². The summed E-state index contributed by atoms with van der Waals surface area (Å²) in [4.78, 5) is 26.8. The fourth-order valence-electron chi connectivity index (χ4n) is 3.63. The van der Waals surface area contributed by atoms with Gasteiger partial charge in [-0.3, -0.25) is 9.78 Å². The molecule has 176 valence electrons. The molecule has 0 aliphatic carbocycles. The molecule has 3 heterocycles. The molecule has 12 heteroatoms. The Morgan fingerprint density at radius 1 is 1.30 bits per heavy atom. The number of likely N-dealkylation sites (N-methyl/N-ethyl adjacent to an activating group) is 1. The number of amides is 1. The van der Waals surface area contributed by atoms with E-state index in [-0.39, 0.29) is 22.1 Å². The highest BCUT2D eigenvalue weighted by molar-refractivity contribution is 7.80. The summed E-state index contributed by atoms with van der Waals surface area (Å²) in [5.74, 6) is -1.02. The Hall–Kier alpha value is -3.28. The molecule has 2 aromatic rings. The van der Waals surface area contributed by atoms with Crippen molar-refractivity contribution >= 4 is 46.3 Å². The molecule has 0 bridgehead atoms. The first-order valence-corrected chi connectivity index (χ1v) is 10.3. The van der Waals surface area contributed by atoms with Gasteiger partial charge < -0.3 is 20.9 Å². The van der Waals surface area contributed by atoms with Crippen molar-refractivity contribution < 1.29 is 18.0 Å². The van der Waals surface area contributed by atoms with Gasteiger partial charge in [-0.2, -0.15) is 13.2 Å². The molecule has 1 amide bonds. The van der Waals surface area contributed by atoms with Crippen LogP contribution in [-0.4, -0.2) is 47.5 Å². The lowest BCUT2D eigenvalue weighted by atomic mass is 9.87. The summed E-state index contributed by atoms with van der Waals surface area (Å²) in [6.45, 7) is 6.23. The Morgan fingerprint density at radius 3 is 2.58 bits per heavy atom. The molecule has 1 aliphatic heterocycles. The molecule has 2 aromatic heterocycles. The second-order valence-electron chi connectivity index (χ2n) is 8.42. The van der Waals surface area contributed by atoms with E-state index in [2.05, 4.69) is 39.0 Å². The van der Waals surface area contributed by atoms with Crippen molar-refractivity contribution in [1.82, 2.24) is 9.97 Å². The minimum absolute atomic E-state index is 0.00997. The Balaban J connectivity index is 1.88. The van der Waals surface area contributed by atoms with Crippen LogP contribution in [0.1, 0.15) is 37.6 Å². The minimum atomic E-state index is -4.74. The highest BCUT2D eigenvalue weighted by Crippen LogP contribution is 2.39. The number of nitrogens with one attached hydrogen (secondary N) is 1. The van der Waals surface area contributed by atoms with Gasteiger partial charge in [-0.05, 0) is 29.9 Å². The molecular formula is C21H24F3N7OS. The molecule has 3 rings (SSSR count). The van der Waals surface area contributed by atoms with E-state index >= 15 is 0 Å². The number of aromatic nitrogens is 2. The third kappa shape index (κ3) is 5.05. The number of anilines is 3. The van der Waals surface area contributed by atoms with Gasteiger partial charge in [-0.25, -0.2) is 9.98 Å². The molecule has 33 heavy (non-hydrogen) atoms. The van der Waals surface area contributed by atoms with E-state index in [1.807, 2.05) is 13.1 Å². The monoisotopic (exact) mass is 479 g/mol. The number of nitrogens with two attached hydrogens (primary N) is 1. The Bertz CT molecular complexity index is 1150. The van der Waals surface area contributed by atoms with Crippen LogP contribution in [0.15, 0.2) is 29.5 Å². The summed E-state index contributed by atoms with van der Waals surface area (Å²) in [5, 5.41) is 2.07. The van der Waals surface area contributed by atoms with Gasteiger partial charge >= 0.3 is 6.18 Å². The molecule has 1 aliphatic rings. The average molecular weight is 480 g/mol. The molecule has 0 fully saturated rings. The van der Waals surface area contributed by atoms with Crippen molar-refractivity contribution in [2.45, 2.75) is 32.4 Å². The number of hydrogen-bond donors (Lipinski definition) is 2. The third-order valence-corrected chi connectivity index (χ3v) is 5.60. The number of fused-ring (bicyclic) bond motifs is 1. The Labute approximate surface area is 194 Å². The van der Waals surface area contributed by atoms with Gasteiger partial charge in [-0.1, -0.05) is 13.8 Å². The van der Waals surface area contributed by atoms with Crippen molar-refractivity contribution in [2.24, 2.45) is 10.7 Å². The van der Waals surface area contributed by atoms with Gasteiger partial charge in [0.25, 0.3) is 0 Å². The molecule has 0 radical (unpaired) electrons. The predicted molar refractivity (Wildman–Crippen MR) is 126 cm³/mol. The molecule has 8 nitrogen and oxygen atoms in total. The van der Waals surface area contributed by atoms with Crippen molar-refractivity contribution in [3.63, 3.8) is 0 Å². The third-order valence-electron chi connectivity index (χ3n) is 5.40. The van der Waals surface area contributed by atoms with E-state index in [9.17, 15) is 18.0 Å². The van der Waals surface area contributed by atoms with E-state index in [0.29, 0.717) is 5.69 Å². The number of halogens is 3. The number of aliphatic imine (C=N–C) groups is 1. The van der Waals surface area contributed by atoms with Crippen LogP contribution >= 0.6 is 12.2 Å². The molecular weight excluding hydrogens is 455 g/mol. The second-order valence-corrected chi connectivity index (χ2v) is 8.81. The van der Waals surface area contributed by atoms with Gasteiger partial charge in [0.2, 0.25) is 5.91 Å². The van der Waals surface area contributed by atoms with Gasteiger partial charge in [0, 0.05) is 33.0 Å². The lowest BCUT2D eigenvalue weighted by Gasteiger charge is -2.19. The maximum Gasteiger partial charge on any atom is 0.420 e. The fraction of sp³-hybridized carbons (Fsp3) is 0.381. The lowest BCUT2D eigenvalue weighted by molar-refractivity contribution is -0.137. The van der Waals surface area contributed by atoms with Crippen molar-refractivity contribution in [2.75, 3.05) is 35.8 Å². The SMILES string of the molecule is CC(=O)N(C)c1cnc(NC(=S)/N=C(\N)c2cc3c(cn2)N(C)CC3(C)C)c(C(F)(F)F)c1. The summed E-state index contributed by atoms with van der Waals surface area (Å²) in [6.07, 6.45) is -1.92. The minimum Gasteiger partial charge on any atom is -0.382 e. The number of amidine groups is 1. The largest absolute Gasteiger partial charge is 0.420 e. The van der Waals surface area contributed by atoms with Crippen molar-refractivity contribution in [1.29, 1.82) is 0 Å². The first kappa shape index (κ1) is 24.4. The van der Waals surface area contributed by atoms with E-state index < -0.39 is 23.5 Å². The van der Waals surface area contributed by atoms with Crippen LogP contribution in [0.25, 0.3) is 0 Å². The van der Waals surface area contributed by atoms with Gasteiger partial charge in [0.15, 0.2) is 10.9 Å². The first-order chi connectivity index (χ1) is 15.2. The van der Waals surface area contributed by atoms with Crippen molar-refractivity contribution in [3.8, 4) is 0 Å². The number of rotatable bonds is 3. The lowest BCUT2D eigenvalue weighted by Crippen LogP contribution is -2.25. The normalized spacial score (nSPS) is 15.3. The predicted octanol–water partition coefficient (Wildman–Crippen LogP) is 3.31. The van der Waals surface area contributed by atoms with E-state index in [1.54, 1.807) is 6.20 Å². The zero-order valence-electron chi connectivity index (χ0n) is 18.8. The molecule has 0 saturated heterocycles. The van der Waals surface area contributed by atoms with E-state index in [1.165, 1.54) is 14.0 Å². The first-order valence-electron chi connectivity index (χ1n) is 9.89. The summed E-state index contributed by atoms with van der Waals surface area (Å²) >= 11 is 5.10. The van der Waals surface area contributed by atoms with Crippen LogP contribution in [-0.2, 0) is 16.4 Å². The number of nitrogens with zero attached hydrogens (tertiary/aromatic N) is 5. The van der Waals surface area contributed by atoms with Gasteiger partial charge in [0.05, 0.1) is 23.8 Å². The summed E-state index contributed by atoms with van der Waals surface area (Å²) in [5.41, 5.74) is 7.20. The average Bonchev–Trinajstić information content (AvgIpc) is 2.94. The molecule has 0 atom stereocenters. The maximum absolute atomic E-state index is 13.6. The maximum atomic E-state index is 13.6. The fourth-order valence-corrected chi connectivity index (χ4v) is 3.82. The Kier molecular flexibility index (Phi) is 6.33. The topological polar surface area (TPSA) is 99.7 Å². The molecule has 0 unspecified atom stereocenters. The summed E-state index contributed by atoms with van der Waals surface area (Å²) in [7, 11) is 3.32. The number of carbonyl (C=O) groups is 1. The van der Waals surface area contributed by atoms with Gasteiger partial charge in [-0.15, -0.1) is 0 Å². The smallest absolute Gasteiger partial charge is 0.382 e. The number of carbonyl (C=O) groups excluding carboxylic acids is 1. The number of hydrogen-bond acceptors (Lipinski definition) is 5. The summed E-state index contributed by atoms with van der Waals surface area (Å²) < 4.78 is 40.8. The molecule has 0 spiro atoms. The highest BCUT2D eigenvalue weighted by Gasteiger charge is 2.36. The van der Waals surface area contributed by atoms with Crippen LogP contribution in [0.2, 0.25) is 0 Å². The van der Waals surface area contributed by atoms with Crippen LogP contribution in [0.5, 0.6) is 0 Å². The van der Waals surface area contributed by atoms with Crippen molar-refractivity contribution in [3.05, 3.63) is 41.3 Å². The zero-order valence-corrected chi connectivity index (χ0v) is 19.6. The van der Waals surface area contributed by atoms with Crippen LogP contribution in [0.4, 0.5) is 30.4 Å². The second kappa shape index (κ2) is 8.58. The van der Waals surface area contributed by atoms with E-state index in [0.717, 1.165) is 35.0 Å². The Morgan fingerprint density at radius 2 is 1.97 bits per heavy atom.